The van der Waals surface area contributed by atoms with Crippen molar-refractivity contribution in [2.24, 2.45) is 11.3 Å². The molecule has 5 aliphatic rings. The molecule has 2 aliphatic carbocycles. The van der Waals surface area contributed by atoms with Crippen LogP contribution in [-0.4, -0.2) is 90.3 Å². The maximum Gasteiger partial charge on any atom is 0.407 e. The van der Waals surface area contributed by atoms with Gasteiger partial charge in [0.25, 0.3) is 5.91 Å². The van der Waals surface area contributed by atoms with Gasteiger partial charge in [-0.25, -0.2) is 22.6 Å². The predicted molar refractivity (Wildman–Crippen MR) is 209 cm³/mol. The molecule has 7 rings (SSSR count). The zero-order chi connectivity index (χ0) is 41.1. The lowest BCUT2D eigenvalue weighted by molar-refractivity contribution is -0.141. The zero-order valence-corrected chi connectivity index (χ0v) is 34.4. The predicted octanol–water partition coefficient (Wildman–Crippen LogP) is 5.22. The molecule has 1 spiro atoms. The Balaban J connectivity index is 1.25. The first-order chi connectivity index (χ1) is 26.8. The van der Waals surface area contributed by atoms with Crippen LogP contribution in [0, 0.1) is 18.3 Å². The molecular formula is C41H54FN5O9S. The van der Waals surface area contributed by atoms with Crippen LogP contribution in [0.4, 0.5) is 9.18 Å². The summed E-state index contributed by atoms with van der Waals surface area (Å²) in [5, 5.41) is 6.13. The lowest BCUT2D eigenvalue weighted by atomic mass is 9.86. The Morgan fingerprint density at radius 3 is 2.58 bits per heavy atom. The van der Waals surface area contributed by atoms with Crippen molar-refractivity contribution in [1.29, 1.82) is 0 Å². The van der Waals surface area contributed by atoms with Crippen LogP contribution < -0.4 is 24.8 Å². The first-order valence-corrected chi connectivity index (χ1v) is 21.4. The van der Waals surface area contributed by atoms with Crippen LogP contribution in [0.1, 0.15) is 109 Å². The van der Waals surface area contributed by atoms with Gasteiger partial charge in [-0.1, -0.05) is 45.8 Å². The van der Waals surface area contributed by atoms with Crippen LogP contribution in [0.3, 0.4) is 0 Å². The Bertz CT molecular complexity index is 2120. The van der Waals surface area contributed by atoms with Crippen molar-refractivity contribution < 1.29 is 46.2 Å². The number of aryl methyl sites for hydroxylation is 1. The second-order valence-electron chi connectivity index (χ2n) is 18.0. The van der Waals surface area contributed by atoms with Crippen LogP contribution in [-0.2, 0) is 29.1 Å². The highest BCUT2D eigenvalue weighted by molar-refractivity contribution is 7.91. The van der Waals surface area contributed by atoms with Crippen LogP contribution in [0.15, 0.2) is 30.4 Å². The highest BCUT2D eigenvalue weighted by Crippen LogP contribution is 2.52. The average Bonchev–Trinajstić information content (AvgIpc) is 4.03. The van der Waals surface area contributed by atoms with Gasteiger partial charge >= 0.3 is 6.09 Å². The Morgan fingerprint density at radius 1 is 1.12 bits per heavy atom. The average molecular weight is 812 g/mol. The number of aromatic nitrogens is 1. The standard InChI is InChI=1S/C41H54FN5O9S/c1-24-33-32(27-18-26(54-6)14-15-29(27)43-24)28(42)20-40(56-33)21-31-34(48)45-41(36(50)46-57(52,53)39(5)16-17-39)19-25(41)12-10-8-7-9-11-13-30(35(49)47(31)22-40)44-37(51)55-23-38(2,3)4/h10,12,14-15,18,25,28,30-31H,7-9,11,13,16-17,19-23H2,1-6H3,(H,44,51)(H,45,48)(H,46,50). The molecule has 2 saturated carbocycles. The molecule has 0 radical (unpaired) electrons. The second-order valence-corrected chi connectivity index (χ2v) is 20.2. The highest BCUT2D eigenvalue weighted by Gasteiger charge is 2.64. The molecule has 14 nitrogen and oxygen atoms in total. The first-order valence-electron chi connectivity index (χ1n) is 19.9. The summed E-state index contributed by atoms with van der Waals surface area (Å²) in [5.41, 5.74) is -2.03. The van der Waals surface area contributed by atoms with E-state index in [4.69, 9.17) is 14.2 Å². The van der Waals surface area contributed by atoms with E-state index in [9.17, 15) is 27.6 Å². The minimum Gasteiger partial charge on any atom is -0.497 e. The fourth-order valence-electron chi connectivity index (χ4n) is 8.30. The molecule has 6 atom stereocenters. The number of allylic oxidation sites excluding steroid dienone is 1. The summed E-state index contributed by atoms with van der Waals surface area (Å²) in [6.07, 6.45) is 5.00. The van der Waals surface area contributed by atoms with Crippen molar-refractivity contribution in [3.05, 3.63) is 41.6 Å². The molecule has 310 valence electrons. The second kappa shape index (κ2) is 14.7. The van der Waals surface area contributed by atoms with Gasteiger partial charge in [-0.05, 0) is 76.0 Å². The van der Waals surface area contributed by atoms with E-state index >= 15 is 4.39 Å². The number of rotatable bonds is 6. The summed E-state index contributed by atoms with van der Waals surface area (Å²) in [6, 6.07) is 2.83. The molecule has 4 amide bonds. The fourth-order valence-corrected chi connectivity index (χ4v) is 9.62. The number of nitrogens with one attached hydrogen (secondary N) is 3. The fraction of sp³-hybridized carbons (Fsp3) is 0.634. The molecule has 16 heteroatoms. The normalized spacial score (nSPS) is 29.8. The lowest BCUT2D eigenvalue weighted by Gasteiger charge is -2.38. The van der Waals surface area contributed by atoms with Crippen LogP contribution >= 0.6 is 0 Å². The third-order valence-electron chi connectivity index (χ3n) is 12.1. The summed E-state index contributed by atoms with van der Waals surface area (Å²) >= 11 is 0. The van der Waals surface area contributed by atoms with Crippen LogP contribution in [0.25, 0.3) is 10.9 Å². The molecule has 0 bridgehead atoms. The third kappa shape index (κ3) is 8.02. The number of fused-ring (bicyclic) bond motifs is 5. The molecule has 3 N–H and O–H groups in total. The summed E-state index contributed by atoms with van der Waals surface area (Å²) < 4.78 is 62.0. The minimum atomic E-state index is -4.04. The molecule has 3 fully saturated rings. The summed E-state index contributed by atoms with van der Waals surface area (Å²) in [7, 11) is -2.52. The zero-order valence-electron chi connectivity index (χ0n) is 33.5. The molecule has 1 aromatic carbocycles. The minimum absolute atomic E-state index is 0.100. The van der Waals surface area contributed by atoms with Gasteiger partial charge in [0, 0.05) is 29.7 Å². The molecule has 1 aromatic heterocycles. The lowest BCUT2D eigenvalue weighted by Crippen LogP contribution is -2.58. The molecule has 1 saturated heterocycles. The van der Waals surface area contributed by atoms with Gasteiger partial charge in [0.05, 0.1) is 36.2 Å². The van der Waals surface area contributed by atoms with Gasteiger partial charge in [-0.15, -0.1) is 0 Å². The maximum absolute atomic E-state index is 16.8. The van der Waals surface area contributed by atoms with E-state index in [1.54, 1.807) is 32.0 Å². The largest absolute Gasteiger partial charge is 0.497 e. The van der Waals surface area contributed by atoms with E-state index in [0.717, 1.165) is 12.8 Å². The quantitative estimate of drug-likeness (QED) is 0.327. The number of hydrogen-bond donors (Lipinski definition) is 3. The smallest absolute Gasteiger partial charge is 0.407 e. The van der Waals surface area contributed by atoms with Crippen molar-refractivity contribution in [3.8, 4) is 11.5 Å². The number of pyridine rings is 1. The monoisotopic (exact) mass is 811 g/mol. The first kappa shape index (κ1) is 40.7. The Labute approximate surface area is 333 Å². The highest BCUT2D eigenvalue weighted by atomic mass is 32.2. The van der Waals surface area contributed by atoms with Gasteiger partial charge in [0.1, 0.15) is 40.9 Å². The number of alkyl halides is 1. The van der Waals surface area contributed by atoms with Crippen molar-refractivity contribution in [2.45, 2.75) is 133 Å². The topological polar surface area (TPSA) is 182 Å². The Morgan fingerprint density at radius 2 is 1.88 bits per heavy atom. The summed E-state index contributed by atoms with van der Waals surface area (Å²) in [6.45, 7) is 8.91. The summed E-state index contributed by atoms with van der Waals surface area (Å²) in [4.78, 5) is 62.5. The van der Waals surface area contributed by atoms with Crippen molar-refractivity contribution >= 4 is 44.7 Å². The van der Waals surface area contributed by atoms with Crippen molar-refractivity contribution in [1.82, 2.24) is 25.2 Å². The van der Waals surface area contributed by atoms with Gasteiger partial charge in [0.2, 0.25) is 21.8 Å². The molecule has 3 aliphatic heterocycles. The van der Waals surface area contributed by atoms with E-state index in [1.807, 2.05) is 32.9 Å². The van der Waals surface area contributed by atoms with Crippen molar-refractivity contribution in [2.75, 3.05) is 20.3 Å². The molecule has 4 heterocycles. The number of alkyl carbamates (subject to hydrolysis) is 1. The van der Waals surface area contributed by atoms with Gasteiger partial charge < -0.3 is 29.7 Å². The third-order valence-corrected chi connectivity index (χ3v) is 14.2. The van der Waals surface area contributed by atoms with Gasteiger partial charge in [-0.3, -0.25) is 19.1 Å². The number of amides is 4. The molecule has 57 heavy (non-hydrogen) atoms. The number of carbonyl (C=O) groups excluding carboxylic acids is 4. The number of nitrogens with zero attached hydrogens (tertiary/aromatic N) is 2. The van der Waals surface area contributed by atoms with Gasteiger partial charge in [-0.2, -0.15) is 0 Å². The summed E-state index contributed by atoms with van der Waals surface area (Å²) in [5.74, 6) is -1.90. The SMILES string of the molecule is COc1ccc2nc(C)c3c(c2c1)C(F)CC1(CC2C(=O)NC4(C(=O)NS(=O)(=O)C5(C)CC5)CC4C=CCCCCCC(NC(=O)OCC(C)(C)C)C(=O)N2C1)O3. The number of benzene rings is 1. The van der Waals surface area contributed by atoms with E-state index in [-0.39, 0.29) is 50.0 Å². The molecular weight excluding hydrogens is 758 g/mol. The van der Waals surface area contributed by atoms with E-state index in [1.165, 1.54) is 12.0 Å². The van der Waals surface area contributed by atoms with Gasteiger partial charge in [0.15, 0.2) is 0 Å². The number of methoxy groups -OCH3 is 1. The maximum atomic E-state index is 16.8. The molecule has 2 aromatic rings. The molecule has 6 unspecified atom stereocenters. The van der Waals surface area contributed by atoms with Crippen LogP contribution in [0.5, 0.6) is 11.5 Å². The number of ether oxygens (including phenoxy) is 3. The Kier molecular flexibility index (Phi) is 10.5. The number of hydrogen-bond acceptors (Lipinski definition) is 10. The Hall–Kier alpha value is -4.47. The van der Waals surface area contributed by atoms with Crippen LogP contribution in [0.2, 0.25) is 0 Å². The number of halogens is 1. The number of sulfonamides is 1. The van der Waals surface area contributed by atoms with E-state index in [0.29, 0.717) is 53.6 Å². The van der Waals surface area contributed by atoms with E-state index < -0.39 is 73.9 Å². The number of carbonyl (C=O) groups is 4. The van der Waals surface area contributed by atoms with Crippen molar-refractivity contribution in [3.63, 3.8) is 0 Å². The van der Waals surface area contributed by atoms with E-state index in [2.05, 4.69) is 20.3 Å².